The second-order valence-corrected chi connectivity index (χ2v) is 13.9. The van der Waals surface area contributed by atoms with E-state index in [-0.39, 0.29) is 22.3 Å². The van der Waals surface area contributed by atoms with Crippen LogP contribution in [-0.2, 0) is 4.79 Å². The topological polar surface area (TPSA) is 83.5 Å². The summed E-state index contributed by atoms with van der Waals surface area (Å²) in [6.07, 6.45) is 11.8. The molecule has 5 aliphatic rings. The van der Waals surface area contributed by atoms with E-state index in [9.17, 15) is 15.0 Å². The molecule has 4 fully saturated rings. The van der Waals surface area contributed by atoms with Gasteiger partial charge >= 0.3 is 5.97 Å². The maximum Gasteiger partial charge on any atom is 0.311 e. The highest BCUT2D eigenvalue weighted by atomic mass is 16.4. The van der Waals surface area contributed by atoms with Crippen LogP contribution in [-0.4, -0.2) is 27.8 Å². The van der Waals surface area contributed by atoms with Crippen molar-refractivity contribution in [3.05, 3.63) is 11.6 Å². The Balaban J connectivity index is 1.58. The number of aliphatic hydroxyl groups is 1. The number of nitrogens with two attached hydrogens (primary N) is 1. The van der Waals surface area contributed by atoms with E-state index in [2.05, 4.69) is 40.7 Å². The number of carboxylic acid groups (broad SMARTS) is 1. The zero-order valence-corrected chi connectivity index (χ0v) is 20.9. The highest BCUT2D eigenvalue weighted by molar-refractivity contribution is 5.79. The average molecular weight is 444 g/mol. The quantitative estimate of drug-likeness (QED) is 0.465. The molecule has 0 bridgehead atoms. The van der Waals surface area contributed by atoms with Crippen molar-refractivity contribution in [1.29, 1.82) is 0 Å². The molecule has 4 saturated carbocycles. The molecule has 0 aromatic heterocycles. The molecule has 180 valence electrons. The summed E-state index contributed by atoms with van der Waals surface area (Å²) in [5.74, 6) is 1.27. The summed E-state index contributed by atoms with van der Waals surface area (Å²) in [7, 11) is 0. The van der Waals surface area contributed by atoms with E-state index in [0.29, 0.717) is 36.5 Å². The number of allylic oxidation sites excluding steroid dienone is 1. The predicted molar refractivity (Wildman–Crippen MR) is 127 cm³/mol. The highest BCUT2D eigenvalue weighted by Crippen LogP contribution is 2.71. The van der Waals surface area contributed by atoms with E-state index < -0.39 is 16.9 Å². The molecular formula is C28H45NO3. The lowest BCUT2D eigenvalue weighted by molar-refractivity contribution is -0.172. The predicted octanol–water partition coefficient (Wildman–Crippen LogP) is 5.53. The average Bonchev–Trinajstić information content (AvgIpc) is 2.69. The number of rotatable bonds is 1. The van der Waals surface area contributed by atoms with Crippen LogP contribution in [0.3, 0.4) is 0 Å². The van der Waals surface area contributed by atoms with Crippen molar-refractivity contribution in [3.63, 3.8) is 0 Å². The first-order valence-corrected chi connectivity index (χ1v) is 13.2. The maximum atomic E-state index is 12.7. The normalized spacial score (nSPS) is 54.3. The second-order valence-electron chi connectivity index (χ2n) is 13.9. The van der Waals surface area contributed by atoms with E-state index in [4.69, 9.17) is 5.73 Å². The third-order valence-corrected chi connectivity index (χ3v) is 12.0. The van der Waals surface area contributed by atoms with Crippen molar-refractivity contribution in [2.45, 2.75) is 110 Å². The Morgan fingerprint density at radius 3 is 2.38 bits per heavy atom. The zero-order valence-electron chi connectivity index (χ0n) is 20.9. The van der Waals surface area contributed by atoms with Crippen LogP contribution in [0, 0.1) is 45.3 Å². The minimum Gasteiger partial charge on any atom is -0.481 e. The second kappa shape index (κ2) is 6.84. The molecule has 5 aliphatic carbocycles. The Labute approximate surface area is 194 Å². The van der Waals surface area contributed by atoms with Gasteiger partial charge in [-0.3, -0.25) is 4.79 Å². The molecule has 4 unspecified atom stereocenters. The number of hydrogen-bond acceptors (Lipinski definition) is 3. The van der Waals surface area contributed by atoms with Gasteiger partial charge in [-0.25, -0.2) is 0 Å². The molecule has 0 heterocycles. The fourth-order valence-electron chi connectivity index (χ4n) is 10.2. The largest absolute Gasteiger partial charge is 0.481 e. The van der Waals surface area contributed by atoms with Gasteiger partial charge in [0.25, 0.3) is 0 Å². The van der Waals surface area contributed by atoms with E-state index in [1.807, 2.05) is 0 Å². The molecule has 4 heteroatoms. The van der Waals surface area contributed by atoms with Crippen molar-refractivity contribution in [2.75, 3.05) is 0 Å². The first-order valence-electron chi connectivity index (χ1n) is 13.2. The third kappa shape index (κ3) is 2.72. The molecule has 0 aliphatic heterocycles. The standard InChI is InChI=1S/C28H45NO3/c1-17-18-8-11-26(5)19-9-13-27(23(31)32)15-14-24(2,3)16-28(27,29)20(19)6-7-22(26)25(18,4)12-10-21(17)30/h6,17-19,21-22,30H,7-16,29H2,1-5H3,(H,31,32)/t17?,18?,19?,21-,22?,25-,26-,27-,28+/m0/s1. The third-order valence-electron chi connectivity index (χ3n) is 12.0. The molecule has 4 nitrogen and oxygen atoms in total. The summed E-state index contributed by atoms with van der Waals surface area (Å²) in [6.45, 7) is 11.8. The van der Waals surface area contributed by atoms with E-state index in [1.165, 1.54) is 18.4 Å². The fraction of sp³-hybridized carbons (Fsp3) is 0.893. The van der Waals surface area contributed by atoms with Crippen LogP contribution in [0.4, 0.5) is 0 Å². The van der Waals surface area contributed by atoms with Gasteiger partial charge in [-0.2, -0.15) is 0 Å². The lowest BCUT2D eigenvalue weighted by atomic mass is 9.37. The van der Waals surface area contributed by atoms with Gasteiger partial charge in [0.2, 0.25) is 0 Å². The monoisotopic (exact) mass is 443 g/mol. The summed E-state index contributed by atoms with van der Waals surface area (Å²) in [5, 5.41) is 21.1. The van der Waals surface area contributed by atoms with E-state index in [1.54, 1.807) is 0 Å². The molecule has 0 aromatic rings. The molecule has 0 saturated heterocycles. The molecular weight excluding hydrogens is 398 g/mol. The van der Waals surface area contributed by atoms with Crippen LogP contribution in [0.15, 0.2) is 11.6 Å². The van der Waals surface area contributed by atoms with Crippen LogP contribution >= 0.6 is 0 Å². The summed E-state index contributed by atoms with van der Waals surface area (Å²) in [4.78, 5) is 12.7. The SMILES string of the molecule is CC1C2CC[C@@]3(C)C4CC[C@@]5(C(=O)O)CCC(C)(C)C[C@@]5(N)C4=CCC3[C@@]2(C)CC[C@@H]1O. The van der Waals surface area contributed by atoms with Gasteiger partial charge in [-0.1, -0.05) is 40.7 Å². The minimum absolute atomic E-state index is 0.0762. The molecule has 0 aromatic carbocycles. The number of aliphatic carboxylic acids is 1. The van der Waals surface area contributed by atoms with Gasteiger partial charge in [0.15, 0.2) is 0 Å². The Hall–Kier alpha value is -0.870. The molecule has 0 radical (unpaired) electrons. The molecule has 5 rings (SSSR count). The van der Waals surface area contributed by atoms with E-state index >= 15 is 0 Å². The van der Waals surface area contributed by atoms with Gasteiger partial charge in [0, 0.05) is 0 Å². The van der Waals surface area contributed by atoms with Gasteiger partial charge in [-0.15, -0.1) is 0 Å². The Kier molecular flexibility index (Phi) is 4.90. The number of carboxylic acids is 1. The lowest BCUT2D eigenvalue weighted by Crippen LogP contribution is -2.70. The van der Waals surface area contributed by atoms with E-state index in [0.717, 1.165) is 38.5 Å². The summed E-state index contributed by atoms with van der Waals surface area (Å²) < 4.78 is 0. The smallest absolute Gasteiger partial charge is 0.311 e. The highest BCUT2D eigenvalue weighted by Gasteiger charge is 2.68. The van der Waals surface area contributed by atoms with Gasteiger partial charge in [0.1, 0.15) is 0 Å². The number of carbonyl (C=O) groups is 1. The molecule has 9 atom stereocenters. The van der Waals surface area contributed by atoms with Gasteiger partial charge in [0.05, 0.1) is 17.1 Å². The van der Waals surface area contributed by atoms with Crippen molar-refractivity contribution in [2.24, 2.45) is 51.1 Å². The summed E-state index contributed by atoms with van der Waals surface area (Å²) in [5.41, 5.74) is 7.60. The fourth-order valence-corrected chi connectivity index (χ4v) is 10.2. The molecule has 32 heavy (non-hydrogen) atoms. The first-order chi connectivity index (χ1) is 14.8. The first kappa shape index (κ1) is 22.9. The van der Waals surface area contributed by atoms with Crippen LogP contribution in [0.1, 0.15) is 98.8 Å². The zero-order chi connectivity index (χ0) is 23.3. The Morgan fingerprint density at radius 1 is 1.00 bits per heavy atom. The number of aliphatic hydroxyl groups excluding tert-OH is 1. The molecule has 0 amide bonds. The van der Waals surface area contributed by atoms with Crippen LogP contribution in [0.5, 0.6) is 0 Å². The van der Waals surface area contributed by atoms with Gasteiger partial charge in [-0.05, 0) is 110 Å². The Morgan fingerprint density at radius 2 is 1.69 bits per heavy atom. The molecule has 4 N–H and O–H groups in total. The molecule has 0 spiro atoms. The number of fused-ring (bicyclic) bond motifs is 7. The minimum atomic E-state index is -0.807. The van der Waals surface area contributed by atoms with Crippen molar-refractivity contribution in [1.82, 2.24) is 0 Å². The summed E-state index contributed by atoms with van der Waals surface area (Å²) in [6, 6.07) is 0. The van der Waals surface area contributed by atoms with Gasteiger partial charge < -0.3 is 15.9 Å². The van der Waals surface area contributed by atoms with Crippen LogP contribution in [0.2, 0.25) is 0 Å². The Bertz CT molecular complexity index is 850. The van der Waals surface area contributed by atoms with Crippen molar-refractivity contribution < 1.29 is 15.0 Å². The van der Waals surface area contributed by atoms with Crippen LogP contribution < -0.4 is 5.73 Å². The number of hydrogen-bond donors (Lipinski definition) is 3. The van der Waals surface area contributed by atoms with Crippen molar-refractivity contribution in [3.8, 4) is 0 Å². The summed E-state index contributed by atoms with van der Waals surface area (Å²) >= 11 is 0. The lowest BCUT2D eigenvalue weighted by Gasteiger charge is -2.68. The van der Waals surface area contributed by atoms with Crippen LogP contribution in [0.25, 0.3) is 0 Å². The maximum absolute atomic E-state index is 12.7. The van der Waals surface area contributed by atoms with Crippen molar-refractivity contribution >= 4 is 5.97 Å².